The molecule has 0 fully saturated rings. The fourth-order valence-electron chi connectivity index (χ4n) is 2.61. The average Bonchev–Trinajstić information content (AvgIpc) is 2.66. The maximum Gasteiger partial charge on any atom is 0.264 e. The number of hydrogen-bond acceptors (Lipinski definition) is 7. The van der Waals surface area contributed by atoms with E-state index in [2.05, 4.69) is 19.7 Å². The van der Waals surface area contributed by atoms with Gasteiger partial charge in [0.25, 0.3) is 10.0 Å². The molecule has 1 aromatic heterocycles. The number of phenols is 1. The molecule has 2 N–H and O–H groups in total. The van der Waals surface area contributed by atoms with E-state index in [1.807, 2.05) is 0 Å². The lowest BCUT2D eigenvalue weighted by Gasteiger charge is -2.08. The fraction of sp³-hybridized carbons (Fsp3) is 0.150. The van der Waals surface area contributed by atoms with Crippen molar-refractivity contribution in [1.82, 2.24) is 9.97 Å². The molecule has 1 heterocycles. The highest BCUT2D eigenvalue weighted by atomic mass is 32.2. The molecular weight excluding hydrogens is 392 g/mol. The van der Waals surface area contributed by atoms with Crippen molar-refractivity contribution in [2.24, 2.45) is 4.99 Å². The number of nitrogens with zero attached hydrogens (tertiary/aromatic N) is 3. The Morgan fingerprint density at radius 3 is 2.34 bits per heavy atom. The summed E-state index contributed by atoms with van der Waals surface area (Å²) >= 11 is 0. The molecule has 0 amide bonds. The van der Waals surface area contributed by atoms with E-state index in [0.29, 0.717) is 28.4 Å². The maximum atomic E-state index is 12.6. The first kappa shape index (κ1) is 20.3. The zero-order valence-corrected chi connectivity index (χ0v) is 16.9. The average molecular weight is 412 g/mol. The number of hydrogen-bond donors (Lipinski definition) is 2. The predicted molar refractivity (Wildman–Crippen MR) is 111 cm³/mol. The second kappa shape index (κ2) is 8.27. The maximum absolute atomic E-state index is 12.6. The van der Waals surface area contributed by atoms with Gasteiger partial charge in [-0.05, 0) is 56.3 Å². The third kappa shape index (κ3) is 4.88. The zero-order chi connectivity index (χ0) is 21.0. The summed E-state index contributed by atoms with van der Waals surface area (Å²) in [4.78, 5) is 12.5. The Morgan fingerprint density at radius 1 is 1.07 bits per heavy atom. The molecule has 0 aliphatic heterocycles. The van der Waals surface area contributed by atoms with E-state index in [4.69, 9.17) is 4.74 Å². The predicted octanol–water partition coefficient (Wildman–Crippen LogP) is 3.36. The Balaban J connectivity index is 1.79. The number of nitrogens with one attached hydrogen (secondary N) is 1. The lowest BCUT2D eigenvalue weighted by molar-refractivity contribution is 0.373. The molecular formula is C20H20N4O4S. The van der Waals surface area contributed by atoms with Gasteiger partial charge in [-0.25, -0.2) is 23.1 Å². The van der Waals surface area contributed by atoms with Crippen molar-refractivity contribution in [3.05, 3.63) is 65.5 Å². The van der Waals surface area contributed by atoms with E-state index in [0.717, 1.165) is 0 Å². The normalized spacial score (nSPS) is 11.6. The van der Waals surface area contributed by atoms with Crippen LogP contribution in [0.5, 0.6) is 11.5 Å². The van der Waals surface area contributed by atoms with Gasteiger partial charge in [-0.1, -0.05) is 6.07 Å². The SMILES string of the molecule is COc1cccc(C=Nc2ccc(S(=O)(=O)Nc3nc(C)cc(C)n3)cc2)c1O. The second-order valence-corrected chi connectivity index (χ2v) is 7.91. The topological polar surface area (TPSA) is 114 Å². The minimum absolute atomic E-state index is 0.0180. The second-order valence-electron chi connectivity index (χ2n) is 6.23. The van der Waals surface area contributed by atoms with Crippen molar-refractivity contribution in [2.75, 3.05) is 11.8 Å². The van der Waals surface area contributed by atoms with Crippen molar-refractivity contribution in [1.29, 1.82) is 0 Å². The number of phenolic OH excluding ortho intramolecular Hbond substituents is 1. The smallest absolute Gasteiger partial charge is 0.264 e. The third-order valence-electron chi connectivity index (χ3n) is 3.96. The Hall–Kier alpha value is -3.46. The van der Waals surface area contributed by atoms with Crippen molar-refractivity contribution < 1.29 is 18.3 Å². The number of aromatic nitrogens is 2. The van der Waals surface area contributed by atoms with Crippen LogP contribution in [-0.2, 0) is 10.0 Å². The summed E-state index contributed by atoms with van der Waals surface area (Å²) in [6.45, 7) is 3.53. The van der Waals surface area contributed by atoms with E-state index in [1.54, 1.807) is 50.2 Å². The Morgan fingerprint density at radius 2 is 1.72 bits per heavy atom. The minimum Gasteiger partial charge on any atom is -0.504 e. The summed E-state index contributed by atoms with van der Waals surface area (Å²) in [6.07, 6.45) is 1.48. The van der Waals surface area contributed by atoms with Gasteiger partial charge in [0.05, 0.1) is 17.7 Å². The van der Waals surface area contributed by atoms with E-state index in [-0.39, 0.29) is 16.6 Å². The summed E-state index contributed by atoms with van der Waals surface area (Å²) in [5.74, 6) is 0.351. The van der Waals surface area contributed by atoms with Gasteiger partial charge in [-0.3, -0.25) is 4.99 Å². The molecule has 0 saturated heterocycles. The van der Waals surface area contributed by atoms with Gasteiger partial charge in [-0.15, -0.1) is 0 Å². The van der Waals surface area contributed by atoms with Crippen LogP contribution >= 0.6 is 0 Å². The van der Waals surface area contributed by atoms with Gasteiger partial charge in [0.15, 0.2) is 11.5 Å². The molecule has 29 heavy (non-hydrogen) atoms. The quantitative estimate of drug-likeness (QED) is 0.600. The van der Waals surface area contributed by atoms with Crippen LogP contribution in [0.3, 0.4) is 0 Å². The molecule has 0 atom stereocenters. The molecule has 0 spiro atoms. The van der Waals surface area contributed by atoms with Crippen LogP contribution < -0.4 is 9.46 Å². The molecule has 3 aromatic rings. The first-order valence-electron chi connectivity index (χ1n) is 8.64. The van der Waals surface area contributed by atoms with Crippen LogP contribution in [0.1, 0.15) is 17.0 Å². The third-order valence-corrected chi connectivity index (χ3v) is 5.30. The summed E-state index contributed by atoms with van der Waals surface area (Å²) in [6, 6.07) is 12.8. The summed E-state index contributed by atoms with van der Waals surface area (Å²) < 4.78 is 32.5. The molecule has 9 heteroatoms. The Kier molecular flexibility index (Phi) is 5.79. The number of aryl methyl sites for hydroxylation is 2. The fourth-order valence-corrected chi connectivity index (χ4v) is 3.56. The number of ether oxygens (including phenoxy) is 1. The molecule has 2 aromatic carbocycles. The van der Waals surface area contributed by atoms with Gasteiger partial charge in [0, 0.05) is 23.2 Å². The number of aliphatic imine (C=N–C) groups is 1. The number of aromatic hydroxyl groups is 1. The van der Waals surface area contributed by atoms with Crippen LogP contribution in [0.4, 0.5) is 11.6 Å². The van der Waals surface area contributed by atoms with E-state index < -0.39 is 10.0 Å². The molecule has 0 aliphatic carbocycles. The van der Waals surface area contributed by atoms with Gasteiger partial charge in [0.2, 0.25) is 5.95 Å². The van der Waals surface area contributed by atoms with Crippen LogP contribution in [0, 0.1) is 13.8 Å². The van der Waals surface area contributed by atoms with Crippen LogP contribution in [0.25, 0.3) is 0 Å². The Bertz CT molecular complexity index is 1140. The van der Waals surface area contributed by atoms with Crippen molar-refractivity contribution >= 4 is 27.9 Å². The van der Waals surface area contributed by atoms with E-state index in [9.17, 15) is 13.5 Å². The number of rotatable bonds is 6. The molecule has 8 nitrogen and oxygen atoms in total. The first-order chi connectivity index (χ1) is 13.8. The van der Waals surface area contributed by atoms with E-state index in [1.165, 1.54) is 25.5 Å². The molecule has 150 valence electrons. The number of para-hydroxylation sites is 1. The largest absolute Gasteiger partial charge is 0.504 e. The highest BCUT2D eigenvalue weighted by molar-refractivity contribution is 7.92. The van der Waals surface area contributed by atoms with Gasteiger partial charge < -0.3 is 9.84 Å². The highest BCUT2D eigenvalue weighted by Gasteiger charge is 2.16. The standard InChI is InChI=1S/C20H20N4O4S/c1-13-11-14(2)23-20(22-13)24-29(26,27)17-9-7-16(8-10-17)21-12-15-5-4-6-18(28-3)19(15)25/h4-12,25H,1-3H3,(H,22,23,24). The van der Waals surface area contributed by atoms with Gasteiger partial charge >= 0.3 is 0 Å². The number of methoxy groups -OCH3 is 1. The summed E-state index contributed by atoms with van der Waals surface area (Å²) in [7, 11) is -2.37. The number of benzene rings is 2. The molecule has 0 bridgehead atoms. The summed E-state index contributed by atoms with van der Waals surface area (Å²) in [5.41, 5.74) is 2.34. The zero-order valence-electron chi connectivity index (χ0n) is 16.1. The molecule has 3 rings (SSSR count). The first-order valence-corrected chi connectivity index (χ1v) is 10.1. The number of sulfonamides is 1. The van der Waals surface area contributed by atoms with Crippen molar-refractivity contribution in [2.45, 2.75) is 18.7 Å². The molecule has 0 radical (unpaired) electrons. The Labute approximate surface area is 169 Å². The van der Waals surface area contributed by atoms with Crippen LogP contribution in [-0.4, -0.2) is 36.8 Å². The molecule has 0 saturated carbocycles. The lowest BCUT2D eigenvalue weighted by Crippen LogP contribution is -2.15. The molecule has 0 unspecified atom stereocenters. The van der Waals surface area contributed by atoms with Crippen molar-refractivity contribution in [3.63, 3.8) is 0 Å². The summed E-state index contributed by atoms with van der Waals surface area (Å²) in [5, 5.41) is 10.1. The van der Waals surface area contributed by atoms with Crippen LogP contribution in [0.15, 0.2) is 58.4 Å². The van der Waals surface area contributed by atoms with Crippen molar-refractivity contribution in [3.8, 4) is 11.5 Å². The molecule has 0 aliphatic rings. The van der Waals surface area contributed by atoms with Gasteiger partial charge in [0.1, 0.15) is 0 Å². The van der Waals surface area contributed by atoms with Crippen LogP contribution in [0.2, 0.25) is 0 Å². The monoisotopic (exact) mass is 412 g/mol. The number of anilines is 1. The van der Waals surface area contributed by atoms with Gasteiger partial charge in [-0.2, -0.15) is 0 Å². The van der Waals surface area contributed by atoms with E-state index >= 15 is 0 Å². The highest BCUT2D eigenvalue weighted by Crippen LogP contribution is 2.28. The minimum atomic E-state index is -3.83. The lowest BCUT2D eigenvalue weighted by atomic mass is 10.2.